The van der Waals surface area contributed by atoms with Crippen LogP contribution in [0.1, 0.15) is 10.7 Å². The number of halogens is 1. The van der Waals surface area contributed by atoms with Crippen molar-refractivity contribution in [3.63, 3.8) is 0 Å². The third-order valence-corrected chi connectivity index (χ3v) is 3.87. The summed E-state index contributed by atoms with van der Waals surface area (Å²) in [5.41, 5.74) is 0.923. The Morgan fingerprint density at radius 3 is 2.94 bits per heavy atom. The van der Waals surface area contributed by atoms with Crippen LogP contribution in [0.25, 0.3) is 0 Å². The van der Waals surface area contributed by atoms with E-state index in [0.29, 0.717) is 5.88 Å². The lowest BCUT2D eigenvalue weighted by Crippen LogP contribution is -2.31. The van der Waals surface area contributed by atoms with Crippen LogP contribution in [-0.2, 0) is 12.3 Å². The molecule has 1 aromatic heterocycles. The zero-order valence-corrected chi connectivity index (χ0v) is 10.7. The number of likely N-dealkylation sites (N-methyl/N-ethyl adjacent to an activating group) is 1. The van der Waals surface area contributed by atoms with Crippen molar-refractivity contribution in [2.75, 3.05) is 26.7 Å². The van der Waals surface area contributed by atoms with E-state index < -0.39 is 0 Å². The maximum atomic E-state index is 11.6. The fourth-order valence-corrected chi connectivity index (χ4v) is 2.68. The van der Waals surface area contributed by atoms with Crippen LogP contribution in [0.2, 0.25) is 0 Å². The molecule has 2 rings (SSSR count). The Hall–Kier alpha value is -0.810. The van der Waals surface area contributed by atoms with Crippen molar-refractivity contribution in [1.82, 2.24) is 14.8 Å². The monoisotopic (exact) mass is 259 g/mol. The minimum atomic E-state index is 0.120. The van der Waals surface area contributed by atoms with Gasteiger partial charge in [0.15, 0.2) is 0 Å². The Balaban J connectivity index is 1.85. The molecular weight excluding hydrogens is 246 g/mol. The minimum Gasteiger partial charge on any atom is -0.326 e. The van der Waals surface area contributed by atoms with Crippen LogP contribution in [-0.4, -0.2) is 47.5 Å². The normalized spacial score (nSPS) is 16.2. The maximum absolute atomic E-state index is 11.6. The summed E-state index contributed by atoms with van der Waals surface area (Å²) in [6.07, 6.45) is 0.821. The second-order valence-electron chi connectivity index (χ2n) is 3.81. The highest BCUT2D eigenvalue weighted by Crippen LogP contribution is 2.14. The van der Waals surface area contributed by atoms with Crippen molar-refractivity contribution in [3.05, 3.63) is 16.1 Å². The summed E-state index contributed by atoms with van der Waals surface area (Å²) in [5, 5.41) is 3.03. The van der Waals surface area contributed by atoms with Gasteiger partial charge in [0.1, 0.15) is 0 Å². The van der Waals surface area contributed by atoms with Gasteiger partial charge in [-0.25, -0.2) is 9.78 Å². The number of urea groups is 1. The second-order valence-corrected chi connectivity index (χ2v) is 5.02. The van der Waals surface area contributed by atoms with Crippen molar-refractivity contribution >= 4 is 29.0 Å². The first-order chi connectivity index (χ1) is 7.70. The molecule has 1 aliphatic rings. The van der Waals surface area contributed by atoms with E-state index in [-0.39, 0.29) is 6.03 Å². The van der Waals surface area contributed by atoms with Crippen molar-refractivity contribution in [1.29, 1.82) is 0 Å². The summed E-state index contributed by atoms with van der Waals surface area (Å²) >= 11 is 7.30. The van der Waals surface area contributed by atoms with Gasteiger partial charge >= 0.3 is 6.03 Å². The number of carbonyl (C=O) groups is 1. The van der Waals surface area contributed by atoms with E-state index in [0.717, 1.165) is 36.8 Å². The van der Waals surface area contributed by atoms with Crippen molar-refractivity contribution in [2.24, 2.45) is 0 Å². The predicted octanol–water partition coefficient (Wildman–Crippen LogP) is 1.79. The van der Waals surface area contributed by atoms with Crippen LogP contribution in [0.4, 0.5) is 4.79 Å². The molecule has 88 valence electrons. The number of amides is 2. The van der Waals surface area contributed by atoms with Gasteiger partial charge in [0.05, 0.1) is 16.6 Å². The van der Waals surface area contributed by atoms with E-state index in [4.69, 9.17) is 11.6 Å². The number of rotatable bonds is 4. The van der Waals surface area contributed by atoms with E-state index in [1.165, 1.54) is 0 Å². The van der Waals surface area contributed by atoms with Crippen LogP contribution in [0, 0.1) is 0 Å². The zero-order chi connectivity index (χ0) is 11.5. The number of thiazole rings is 1. The van der Waals surface area contributed by atoms with Gasteiger partial charge in [0, 0.05) is 38.5 Å². The molecule has 0 saturated carbocycles. The third kappa shape index (κ3) is 2.47. The largest absolute Gasteiger partial charge is 0.326 e. The molecule has 0 spiro atoms. The highest BCUT2D eigenvalue weighted by molar-refractivity contribution is 7.09. The molecule has 0 radical (unpaired) electrons. The van der Waals surface area contributed by atoms with Gasteiger partial charge in [0.25, 0.3) is 0 Å². The van der Waals surface area contributed by atoms with E-state index in [1.54, 1.807) is 16.2 Å². The topological polar surface area (TPSA) is 36.4 Å². The molecule has 4 nitrogen and oxygen atoms in total. The molecule has 2 amide bonds. The number of aromatic nitrogens is 1. The number of nitrogens with zero attached hydrogens (tertiary/aromatic N) is 3. The van der Waals surface area contributed by atoms with Gasteiger partial charge in [-0.3, -0.25) is 0 Å². The number of hydrogen-bond donors (Lipinski definition) is 0. The molecule has 0 N–H and O–H groups in total. The highest BCUT2D eigenvalue weighted by Gasteiger charge is 2.24. The molecular formula is C10H14ClN3OS. The standard InChI is InChI=1S/C10H14ClN3OS/c1-13-4-5-14(10(13)15)3-2-9-12-8(6-11)7-16-9/h7H,2-6H2,1H3. The van der Waals surface area contributed by atoms with Crippen LogP contribution < -0.4 is 0 Å². The molecule has 0 atom stereocenters. The second kappa shape index (κ2) is 5.01. The molecule has 2 heterocycles. The molecule has 0 unspecified atom stereocenters. The number of alkyl halides is 1. The van der Waals surface area contributed by atoms with E-state index in [9.17, 15) is 4.79 Å². The SMILES string of the molecule is CN1CCN(CCc2nc(CCl)cs2)C1=O. The Kier molecular flexibility index (Phi) is 3.66. The van der Waals surface area contributed by atoms with Crippen LogP contribution in [0.3, 0.4) is 0 Å². The fraction of sp³-hybridized carbons (Fsp3) is 0.600. The average Bonchev–Trinajstić information content (AvgIpc) is 2.86. The molecule has 1 aromatic rings. The highest BCUT2D eigenvalue weighted by atomic mass is 35.5. The smallest absolute Gasteiger partial charge is 0.319 e. The molecule has 0 aliphatic carbocycles. The van der Waals surface area contributed by atoms with Gasteiger partial charge in [-0.2, -0.15) is 0 Å². The molecule has 1 aliphatic heterocycles. The van der Waals surface area contributed by atoms with Gasteiger partial charge in [0.2, 0.25) is 0 Å². The first kappa shape index (κ1) is 11.7. The maximum Gasteiger partial charge on any atom is 0.319 e. The Morgan fingerprint density at radius 2 is 2.38 bits per heavy atom. The molecule has 6 heteroatoms. The summed E-state index contributed by atoms with van der Waals surface area (Å²) in [7, 11) is 1.83. The number of carbonyl (C=O) groups excluding carboxylic acids is 1. The molecule has 1 fully saturated rings. The summed E-state index contributed by atoms with van der Waals surface area (Å²) in [6.45, 7) is 2.39. The molecule has 0 aromatic carbocycles. The Labute approximate surface area is 104 Å². The Morgan fingerprint density at radius 1 is 1.56 bits per heavy atom. The quantitative estimate of drug-likeness (QED) is 0.773. The lowest BCUT2D eigenvalue weighted by molar-refractivity contribution is 0.199. The lowest BCUT2D eigenvalue weighted by atomic mass is 10.4. The lowest BCUT2D eigenvalue weighted by Gasteiger charge is -2.14. The predicted molar refractivity (Wildman–Crippen MR) is 65.0 cm³/mol. The van der Waals surface area contributed by atoms with E-state index in [1.807, 2.05) is 17.3 Å². The van der Waals surface area contributed by atoms with E-state index in [2.05, 4.69) is 4.98 Å². The van der Waals surface area contributed by atoms with Gasteiger partial charge < -0.3 is 9.80 Å². The molecule has 16 heavy (non-hydrogen) atoms. The first-order valence-corrected chi connectivity index (χ1v) is 6.61. The summed E-state index contributed by atoms with van der Waals surface area (Å²) in [4.78, 5) is 19.6. The molecule has 1 saturated heterocycles. The van der Waals surface area contributed by atoms with Gasteiger partial charge in [-0.05, 0) is 0 Å². The van der Waals surface area contributed by atoms with Crippen molar-refractivity contribution < 1.29 is 4.79 Å². The summed E-state index contributed by atoms with van der Waals surface area (Å²) in [5.74, 6) is 0.460. The first-order valence-electron chi connectivity index (χ1n) is 5.20. The van der Waals surface area contributed by atoms with Gasteiger partial charge in [-0.1, -0.05) is 0 Å². The van der Waals surface area contributed by atoms with E-state index >= 15 is 0 Å². The summed E-state index contributed by atoms with van der Waals surface area (Å²) < 4.78 is 0. The number of hydrogen-bond acceptors (Lipinski definition) is 3. The van der Waals surface area contributed by atoms with Gasteiger partial charge in [-0.15, -0.1) is 22.9 Å². The van der Waals surface area contributed by atoms with Crippen LogP contribution in [0.5, 0.6) is 0 Å². The fourth-order valence-electron chi connectivity index (χ4n) is 1.67. The zero-order valence-electron chi connectivity index (χ0n) is 9.15. The third-order valence-electron chi connectivity index (χ3n) is 2.63. The average molecular weight is 260 g/mol. The van der Waals surface area contributed by atoms with Crippen LogP contribution in [0.15, 0.2) is 5.38 Å². The minimum absolute atomic E-state index is 0.120. The van der Waals surface area contributed by atoms with Crippen molar-refractivity contribution in [3.8, 4) is 0 Å². The molecule has 0 bridgehead atoms. The summed E-state index contributed by atoms with van der Waals surface area (Å²) in [6, 6.07) is 0.120. The van der Waals surface area contributed by atoms with Crippen molar-refractivity contribution in [2.45, 2.75) is 12.3 Å². The Bertz CT molecular complexity index is 382. The van der Waals surface area contributed by atoms with Crippen LogP contribution >= 0.6 is 22.9 Å².